The van der Waals surface area contributed by atoms with Crippen LogP contribution in [0.1, 0.15) is 44.4 Å². The summed E-state index contributed by atoms with van der Waals surface area (Å²) < 4.78 is 5.75. The Morgan fingerprint density at radius 2 is 1.96 bits per heavy atom. The van der Waals surface area contributed by atoms with Crippen LogP contribution in [-0.2, 0) is 4.79 Å². The second-order valence-corrected chi connectivity index (χ2v) is 6.58. The van der Waals surface area contributed by atoms with E-state index < -0.39 is 0 Å². The highest BCUT2D eigenvalue weighted by Gasteiger charge is 2.24. The Kier molecular flexibility index (Phi) is 5.58. The summed E-state index contributed by atoms with van der Waals surface area (Å²) in [6.07, 6.45) is 3.88. The molecule has 0 aliphatic heterocycles. The van der Waals surface area contributed by atoms with Crippen molar-refractivity contribution in [3.05, 3.63) is 36.1 Å². The van der Waals surface area contributed by atoms with Crippen molar-refractivity contribution in [3.8, 4) is 0 Å². The van der Waals surface area contributed by atoms with E-state index in [9.17, 15) is 9.59 Å². The number of fused-ring (bicyclic) bond motifs is 1. The second kappa shape index (κ2) is 8.05. The predicted octanol–water partition coefficient (Wildman–Crippen LogP) is 3.10. The van der Waals surface area contributed by atoms with Crippen molar-refractivity contribution >= 4 is 22.9 Å². The smallest absolute Gasteiger partial charge is 0.315 e. The first-order valence-corrected chi connectivity index (χ1v) is 8.94. The molecule has 3 N–H and O–H groups in total. The molecule has 134 valence electrons. The molecule has 3 rings (SSSR count). The molecule has 1 atom stereocenters. The fourth-order valence-electron chi connectivity index (χ4n) is 2.85. The number of urea groups is 1. The molecule has 1 saturated carbocycles. The van der Waals surface area contributed by atoms with Crippen molar-refractivity contribution in [2.24, 2.45) is 5.92 Å². The zero-order valence-electron chi connectivity index (χ0n) is 14.5. The molecule has 6 nitrogen and oxygen atoms in total. The lowest BCUT2D eigenvalue weighted by Gasteiger charge is -2.24. The molecule has 1 aliphatic rings. The first-order chi connectivity index (χ1) is 12.1. The molecule has 1 heterocycles. The van der Waals surface area contributed by atoms with E-state index in [0.29, 0.717) is 19.5 Å². The summed E-state index contributed by atoms with van der Waals surface area (Å²) in [6, 6.07) is 9.25. The largest absolute Gasteiger partial charge is 0.459 e. The van der Waals surface area contributed by atoms with Crippen LogP contribution in [0.2, 0.25) is 0 Å². The summed E-state index contributed by atoms with van der Waals surface area (Å²) in [5.74, 6) is 1.08. The lowest BCUT2D eigenvalue weighted by Crippen LogP contribution is -2.39. The number of hydrogen-bond donors (Lipinski definition) is 3. The Labute approximate surface area is 147 Å². The van der Waals surface area contributed by atoms with Crippen LogP contribution in [0.15, 0.2) is 34.7 Å². The zero-order chi connectivity index (χ0) is 17.6. The van der Waals surface area contributed by atoms with Crippen LogP contribution < -0.4 is 16.0 Å². The third-order valence-electron chi connectivity index (χ3n) is 4.63. The topological polar surface area (TPSA) is 83.4 Å². The molecule has 3 amide bonds. The minimum absolute atomic E-state index is 0.147. The van der Waals surface area contributed by atoms with Crippen LogP contribution >= 0.6 is 0 Å². The van der Waals surface area contributed by atoms with Gasteiger partial charge in [-0.05, 0) is 38.3 Å². The van der Waals surface area contributed by atoms with E-state index in [0.717, 1.165) is 36.0 Å². The van der Waals surface area contributed by atoms with E-state index >= 15 is 0 Å². The number of furan rings is 1. The Morgan fingerprint density at radius 1 is 1.20 bits per heavy atom. The molecule has 1 aliphatic carbocycles. The summed E-state index contributed by atoms with van der Waals surface area (Å²) in [5, 5.41) is 9.60. The lowest BCUT2D eigenvalue weighted by atomic mass is 9.85. The minimum atomic E-state index is -0.238. The van der Waals surface area contributed by atoms with Crippen LogP contribution in [0.25, 0.3) is 11.0 Å². The monoisotopic (exact) mass is 343 g/mol. The van der Waals surface area contributed by atoms with E-state index in [1.165, 1.54) is 0 Å². The Bertz CT molecular complexity index is 703. The predicted molar refractivity (Wildman–Crippen MR) is 96.1 cm³/mol. The zero-order valence-corrected chi connectivity index (χ0v) is 14.5. The summed E-state index contributed by atoms with van der Waals surface area (Å²) in [4.78, 5) is 23.6. The summed E-state index contributed by atoms with van der Waals surface area (Å²) in [6.45, 7) is 2.99. The molecule has 0 saturated heterocycles. The number of carbonyl (C=O) groups excluding carboxylic acids is 2. The van der Waals surface area contributed by atoms with Crippen LogP contribution in [0.3, 0.4) is 0 Å². The van der Waals surface area contributed by atoms with Gasteiger partial charge in [-0.25, -0.2) is 4.79 Å². The Morgan fingerprint density at radius 3 is 2.68 bits per heavy atom. The van der Waals surface area contributed by atoms with Gasteiger partial charge in [0, 0.05) is 24.4 Å². The number of rotatable bonds is 7. The first-order valence-electron chi connectivity index (χ1n) is 8.94. The average Bonchev–Trinajstić information content (AvgIpc) is 2.97. The molecular weight excluding hydrogens is 318 g/mol. The molecular formula is C19H25N3O3. The van der Waals surface area contributed by atoms with Gasteiger partial charge < -0.3 is 20.4 Å². The van der Waals surface area contributed by atoms with Gasteiger partial charge in [-0.2, -0.15) is 0 Å². The van der Waals surface area contributed by atoms with Gasteiger partial charge in [0.25, 0.3) is 0 Å². The molecule has 1 aromatic carbocycles. The Balaban J connectivity index is 1.34. The molecule has 1 fully saturated rings. The van der Waals surface area contributed by atoms with Gasteiger partial charge in [0.2, 0.25) is 5.91 Å². The molecule has 0 bridgehead atoms. The third kappa shape index (κ3) is 4.53. The number of amides is 3. The second-order valence-electron chi connectivity index (χ2n) is 6.58. The number of benzene rings is 1. The van der Waals surface area contributed by atoms with Crippen LogP contribution in [0.4, 0.5) is 4.79 Å². The molecule has 1 unspecified atom stereocenters. The first kappa shape index (κ1) is 17.3. The molecule has 1 aromatic heterocycles. The van der Waals surface area contributed by atoms with Crippen molar-refractivity contribution in [1.82, 2.24) is 16.0 Å². The molecule has 0 spiro atoms. The molecule has 25 heavy (non-hydrogen) atoms. The quantitative estimate of drug-likeness (QED) is 0.676. The highest BCUT2D eigenvalue weighted by atomic mass is 16.3. The highest BCUT2D eigenvalue weighted by Crippen LogP contribution is 2.26. The van der Waals surface area contributed by atoms with Gasteiger partial charge in [0.15, 0.2) is 0 Å². The number of carbonyl (C=O) groups is 2. The van der Waals surface area contributed by atoms with E-state index in [1.54, 1.807) is 0 Å². The van der Waals surface area contributed by atoms with Crippen LogP contribution in [0, 0.1) is 5.92 Å². The van der Waals surface area contributed by atoms with E-state index in [-0.39, 0.29) is 23.9 Å². The summed E-state index contributed by atoms with van der Waals surface area (Å²) in [7, 11) is 0. The van der Waals surface area contributed by atoms with Crippen LogP contribution in [-0.4, -0.2) is 25.0 Å². The molecule has 0 radical (unpaired) electrons. The van der Waals surface area contributed by atoms with Gasteiger partial charge in [-0.1, -0.05) is 24.6 Å². The average molecular weight is 343 g/mol. The number of hydrogen-bond acceptors (Lipinski definition) is 3. The van der Waals surface area contributed by atoms with Gasteiger partial charge in [0.05, 0.1) is 6.04 Å². The van der Waals surface area contributed by atoms with Crippen molar-refractivity contribution < 1.29 is 14.0 Å². The SMILES string of the molecule is CC(NC(=O)NCCCNC(=O)C1CCC1)c1cc2ccccc2o1. The lowest BCUT2D eigenvalue weighted by molar-refractivity contribution is -0.127. The van der Waals surface area contributed by atoms with E-state index in [2.05, 4.69) is 16.0 Å². The fraction of sp³-hybridized carbons (Fsp3) is 0.474. The van der Waals surface area contributed by atoms with Gasteiger partial charge in [0.1, 0.15) is 11.3 Å². The molecule has 2 aromatic rings. The minimum Gasteiger partial charge on any atom is -0.459 e. The maximum absolute atomic E-state index is 12.0. The standard InChI is InChI=1S/C19H25N3O3/c1-13(17-12-15-6-2-3-9-16(15)25-17)22-19(24)21-11-5-10-20-18(23)14-7-4-8-14/h2-3,6,9,12-14H,4-5,7-8,10-11H2,1H3,(H,20,23)(H2,21,22,24). The van der Waals surface area contributed by atoms with E-state index in [1.807, 2.05) is 37.3 Å². The van der Waals surface area contributed by atoms with Crippen molar-refractivity contribution in [3.63, 3.8) is 0 Å². The van der Waals surface area contributed by atoms with E-state index in [4.69, 9.17) is 4.42 Å². The van der Waals surface area contributed by atoms with Gasteiger partial charge in [-0.15, -0.1) is 0 Å². The number of nitrogens with one attached hydrogen (secondary N) is 3. The Hall–Kier alpha value is -2.50. The maximum atomic E-state index is 12.0. The molecule has 6 heteroatoms. The van der Waals surface area contributed by atoms with Gasteiger partial charge in [-0.3, -0.25) is 4.79 Å². The van der Waals surface area contributed by atoms with Crippen molar-refractivity contribution in [2.75, 3.05) is 13.1 Å². The summed E-state index contributed by atoms with van der Waals surface area (Å²) in [5.41, 5.74) is 0.814. The normalized spacial score (nSPS) is 15.4. The van der Waals surface area contributed by atoms with Crippen molar-refractivity contribution in [2.45, 2.75) is 38.6 Å². The van der Waals surface area contributed by atoms with Crippen LogP contribution in [0.5, 0.6) is 0 Å². The maximum Gasteiger partial charge on any atom is 0.315 e. The highest BCUT2D eigenvalue weighted by molar-refractivity contribution is 5.79. The van der Waals surface area contributed by atoms with Gasteiger partial charge >= 0.3 is 6.03 Å². The van der Waals surface area contributed by atoms with Crippen molar-refractivity contribution in [1.29, 1.82) is 0 Å². The third-order valence-corrected chi connectivity index (χ3v) is 4.63. The number of para-hydroxylation sites is 1. The fourth-order valence-corrected chi connectivity index (χ4v) is 2.85. The summed E-state index contributed by atoms with van der Waals surface area (Å²) >= 11 is 0.